The summed E-state index contributed by atoms with van der Waals surface area (Å²) in [6.45, 7) is 5.04. The summed E-state index contributed by atoms with van der Waals surface area (Å²) >= 11 is 0. The number of aromatic nitrogens is 2. The van der Waals surface area contributed by atoms with Crippen molar-refractivity contribution >= 4 is 15.8 Å². The average Bonchev–Trinajstić information content (AvgIpc) is 2.19. The van der Waals surface area contributed by atoms with E-state index in [0.717, 1.165) is 0 Å². The van der Waals surface area contributed by atoms with Crippen LogP contribution in [0.15, 0.2) is 42.2 Å². The van der Waals surface area contributed by atoms with Gasteiger partial charge in [0.05, 0.1) is 4.91 Å². The van der Waals surface area contributed by atoms with Crippen LogP contribution in [0.3, 0.4) is 0 Å². The van der Waals surface area contributed by atoms with Crippen LogP contribution in [-0.2, 0) is 10.0 Å². The van der Waals surface area contributed by atoms with Gasteiger partial charge in [0.1, 0.15) is 12.1 Å². The number of allylic oxidation sites excluding steroid dienone is 2. The highest BCUT2D eigenvalue weighted by molar-refractivity contribution is 7.96. The number of anilines is 1. The minimum atomic E-state index is -3.57. The van der Waals surface area contributed by atoms with Gasteiger partial charge in [0.15, 0.2) is 0 Å². The minimum Gasteiger partial charge on any atom is -0.263 e. The van der Waals surface area contributed by atoms with Crippen LogP contribution in [-0.4, -0.2) is 18.4 Å². The van der Waals surface area contributed by atoms with Gasteiger partial charge < -0.3 is 0 Å². The van der Waals surface area contributed by atoms with Crippen LogP contribution in [0, 0.1) is 0 Å². The molecule has 1 aromatic heterocycles. The third kappa shape index (κ3) is 2.88. The van der Waals surface area contributed by atoms with Gasteiger partial charge in [-0.2, -0.15) is 0 Å². The van der Waals surface area contributed by atoms with Crippen LogP contribution in [0.1, 0.15) is 6.92 Å². The summed E-state index contributed by atoms with van der Waals surface area (Å²) in [6.07, 6.45) is 5.44. The van der Waals surface area contributed by atoms with E-state index in [1.165, 1.54) is 30.7 Å². The molecule has 0 saturated carbocycles. The van der Waals surface area contributed by atoms with Crippen molar-refractivity contribution in [2.75, 3.05) is 4.72 Å². The molecule has 0 fully saturated rings. The van der Waals surface area contributed by atoms with Crippen molar-refractivity contribution in [3.05, 3.63) is 42.2 Å². The Morgan fingerprint density at radius 1 is 1.60 bits per heavy atom. The molecule has 1 rings (SSSR count). The third-order valence-corrected chi connectivity index (χ3v) is 3.12. The maximum atomic E-state index is 11.7. The van der Waals surface area contributed by atoms with Crippen molar-refractivity contribution in [1.82, 2.24) is 9.97 Å². The minimum absolute atomic E-state index is 0.112. The fraction of sp³-hybridized carbons (Fsp3) is 0.111. The molecule has 0 bridgehead atoms. The molecule has 0 aliphatic heterocycles. The van der Waals surface area contributed by atoms with Crippen LogP contribution in [0.5, 0.6) is 0 Å². The van der Waals surface area contributed by atoms with Crippen LogP contribution in [0.4, 0.5) is 5.82 Å². The molecular weight excluding hydrogens is 214 g/mol. The van der Waals surface area contributed by atoms with Crippen LogP contribution in [0.2, 0.25) is 0 Å². The molecule has 0 aliphatic rings. The molecule has 15 heavy (non-hydrogen) atoms. The molecule has 0 unspecified atom stereocenters. The lowest BCUT2D eigenvalue weighted by atomic mass is 10.5. The van der Waals surface area contributed by atoms with E-state index in [9.17, 15) is 8.42 Å². The van der Waals surface area contributed by atoms with E-state index in [0.29, 0.717) is 0 Å². The molecule has 0 aromatic carbocycles. The van der Waals surface area contributed by atoms with E-state index < -0.39 is 10.0 Å². The van der Waals surface area contributed by atoms with Gasteiger partial charge in [-0.05, 0) is 19.1 Å². The van der Waals surface area contributed by atoms with Crippen molar-refractivity contribution in [1.29, 1.82) is 0 Å². The zero-order valence-corrected chi connectivity index (χ0v) is 9.03. The second-order valence-electron chi connectivity index (χ2n) is 2.60. The van der Waals surface area contributed by atoms with Crippen LogP contribution < -0.4 is 4.72 Å². The van der Waals surface area contributed by atoms with E-state index in [1.807, 2.05) is 0 Å². The lowest BCUT2D eigenvalue weighted by Crippen LogP contribution is -2.14. The maximum Gasteiger partial charge on any atom is 0.262 e. The highest BCUT2D eigenvalue weighted by Gasteiger charge is 2.13. The summed E-state index contributed by atoms with van der Waals surface area (Å²) in [5.74, 6) is 0.228. The lowest BCUT2D eigenvalue weighted by molar-refractivity contribution is 0.607. The Morgan fingerprint density at radius 3 is 2.80 bits per heavy atom. The molecule has 6 heteroatoms. The summed E-state index contributed by atoms with van der Waals surface area (Å²) in [4.78, 5) is 7.54. The van der Waals surface area contributed by atoms with E-state index in [1.54, 1.807) is 6.92 Å². The Morgan fingerprint density at radius 2 is 2.33 bits per heavy atom. The zero-order chi connectivity index (χ0) is 11.3. The van der Waals surface area contributed by atoms with Gasteiger partial charge in [0, 0.05) is 6.20 Å². The van der Waals surface area contributed by atoms with E-state index in [4.69, 9.17) is 0 Å². The number of nitrogens with zero attached hydrogens (tertiary/aromatic N) is 2. The second kappa shape index (κ2) is 4.70. The largest absolute Gasteiger partial charge is 0.263 e. The first-order valence-electron chi connectivity index (χ1n) is 4.17. The van der Waals surface area contributed by atoms with E-state index in [2.05, 4.69) is 21.3 Å². The fourth-order valence-corrected chi connectivity index (χ4v) is 1.97. The topological polar surface area (TPSA) is 72.0 Å². The smallest absolute Gasteiger partial charge is 0.262 e. The molecule has 0 radical (unpaired) electrons. The Labute approximate surface area is 88.6 Å². The predicted molar refractivity (Wildman–Crippen MR) is 58.5 cm³/mol. The zero-order valence-electron chi connectivity index (χ0n) is 8.21. The Balaban J connectivity index is 2.96. The summed E-state index contributed by atoms with van der Waals surface area (Å²) in [5, 5.41) is 0. The Kier molecular flexibility index (Phi) is 3.56. The van der Waals surface area contributed by atoms with Crippen molar-refractivity contribution in [2.24, 2.45) is 0 Å². The molecule has 5 nitrogen and oxygen atoms in total. The molecule has 1 aromatic rings. The highest BCUT2D eigenvalue weighted by Crippen LogP contribution is 2.11. The number of hydrogen-bond acceptors (Lipinski definition) is 4. The monoisotopic (exact) mass is 225 g/mol. The third-order valence-electron chi connectivity index (χ3n) is 1.62. The first-order valence-corrected chi connectivity index (χ1v) is 5.66. The van der Waals surface area contributed by atoms with Crippen LogP contribution in [0.25, 0.3) is 0 Å². The van der Waals surface area contributed by atoms with Gasteiger partial charge in [-0.1, -0.05) is 12.7 Å². The quantitative estimate of drug-likeness (QED) is 0.784. The lowest BCUT2D eigenvalue weighted by Gasteiger charge is -2.06. The van der Waals surface area contributed by atoms with Gasteiger partial charge >= 0.3 is 0 Å². The first-order chi connectivity index (χ1) is 7.10. The molecular formula is C9H11N3O2S. The molecule has 80 valence electrons. The Hall–Kier alpha value is -1.69. The number of sulfonamides is 1. The highest BCUT2D eigenvalue weighted by atomic mass is 32.2. The number of rotatable bonds is 4. The van der Waals surface area contributed by atoms with E-state index in [-0.39, 0.29) is 10.7 Å². The molecule has 0 atom stereocenters. The van der Waals surface area contributed by atoms with Gasteiger partial charge in [-0.25, -0.2) is 18.4 Å². The maximum absolute atomic E-state index is 11.7. The predicted octanol–water partition coefficient (Wildman–Crippen LogP) is 1.31. The molecule has 1 N–H and O–H groups in total. The van der Waals surface area contributed by atoms with E-state index >= 15 is 0 Å². The standard InChI is InChI=1S/C9H11N3O2S/c1-3-8(4-2)15(13,14)12-9-5-6-10-7-11-9/h3-7H,1H2,2H3,(H,10,11,12)/b8-4-. The summed E-state index contributed by atoms with van der Waals surface area (Å²) in [6, 6.07) is 1.47. The van der Waals surface area contributed by atoms with Crippen molar-refractivity contribution in [3.63, 3.8) is 0 Å². The molecule has 0 amide bonds. The van der Waals surface area contributed by atoms with Gasteiger partial charge in [0.2, 0.25) is 0 Å². The Bertz CT molecular complexity index is 465. The molecule has 1 heterocycles. The van der Waals surface area contributed by atoms with Crippen molar-refractivity contribution < 1.29 is 8.42 Å². The summed E-state index contributed by atoms with van der Waals surface area (Å²) < 4.78 is 25.6. The van der Waals surface area contributed by atoms with Crippen molar-refractivity contribution in [2.45, 2.75) is 6.92 Å². The molecule has 0 saturated heterocycles. The second-order valence-corrected chi connectivity index (χ2v) is 4.28. The van der Waals surface area contributed by atoms with Gasteiger partial charge in [0.25, 0.3) is 10.0 Å². The average molecular weight is 225 g/mol. The SMILES string of the molecule is C=C/C(=C/C)S(=O)(=O)Nc1ccncn1. The molecule has 0 spiro atoms. The molecule has 0 aliphatic carbocycles. The number of hydrogen-bond donors (Lipinski definition) is 1. The van der Waals surface area contributed by atoms with Gasteiger partial charge in [-0.3, -0.25) is 4.72 Å². The summed E-state index contributed by atoms with van der Waals surface area (Å²) in [7, 11) is -3.57. The van der Waals surface area contributed by atoms with Crippen LogP contribution >= 0.6 is 0 Å². The van der Waals surface area contributed by atoms with Gasteiger partial charge in [-0.15, -0.1) is 0 Å². The fourth-order valence-electron chi connectivity index (χ4n) is 0.930. The number of nitrogens with one attached hydrogen (secondary N) is 1. The normalized spacial score (nSPS) is 12.2. The summed E-state index contributed by atoms with van der Waals surface area (Å²) in [5.41, 5.74) is 0. The first kappa shape index (κ1) is 11.4. The van der Waals surface area contributed by atoms with Crippen molar-refractivity contribution in [3.8, 4) is 0 Å².